The number of hydrogen-bond acceptors (Lipinski definition) is 5. The average Bonchev–Trinajstić information content (AvgIpc) is 3.50. The van der Waals surface area contributed by atoms with Gasteiger partial charge in [-0.1, -0.05) is 6.07 Å². The molecule has 0 radical (unpaired) electrons. The molecule has 8 heteroatoms. The second-order valence-corrected chi connectivity index (χ2v) is 8.56. The van der Waals surface area contributed by atoms with E-state index in [1.54, 1.807) is 12.1 Å². The van der Waals surface area contributed by atoms with Crippen LogP contribution in [0.3, 0.4) is 0 Å². The first-order valence-electron chi connectivity index (χ1n) is 10.5. The molecule has 2 saturated heterocycles. The standard InChI is InChI=1S/C22H22F2N6/c23-20-17(13-10-25-26-11-13)3-4-18(21(20)24)19-7-12-5-6-30(22(12)29-28-19)16-8-14-1-2-15(9-16)27-14/h3-4,7,10-11,14-16,27H,1-2,5-6,8-9H2,(H,25,26). The molecule has 3 aromatic rings. The highest BCUT2D eigenvalue weighted by Crippen LogP contribution is 2.37. The summed E-state index contributed by atoms with van der Waals surface area (Å²) >= 11 is 0. The summed E-state index contributed by atoms with van der Waals surface area (Å²) in [7, 11) is 0. The van der Waals surface area contributed by atoms with Crippen molar-refractivity contribution >= 4 is 5.82 Å². The largest absolute Gasteiger partial charge is 0.351 e. The second-order valence-electron chi connectivity index (χ2n) is 8.56. The number of anilines is 1. The maximum atomic E-state index is 14.9. The third-order valence-electron chi connectivity index (χ3n) is 6.80. The van der Waals surface area contributed by atoms with Crippen molar-refractivity contribution in [3.63, 3.8) is 0 Å². The Labute approximate surface area is 172 Å². The monoisotopic (exact) mass is 408 g/mol. The molecule has 2 bridgehead atoms. The summed E-state index contributed by atoms with van der Waals surface area (Å²) in [4.78, 5) is 2.37. The van der Waals surface area contributed by atoms with Crippen molar-refractivity contribution in [1.29, 1.82) is 0 Å². The van der Waals surface area contributed by atoms with Crippen molar-refractivity contribution in [2.24, 2.45) is 0 Å². The molecule has 30 heavy (non-hydrogen) atoms. The number of nitrogens with one attached hydrogen (secondary N) is 2. The fourth-order valence-corrected chi connectivity index (χ4v) is 5.33. The van der Waals surface area contributed by atoms with E-state index in [1.165, 1.54) is 25.2 Å². The Bertz CT molecular complexity index is 1090. The zero-order valence-electron chi connectivity index (χ0n) is 16.4. The SMILES string of the molecule is Fc1c(-c2cn[nH]c2)ccc(-c2cc3c(nn2)N(C2CC4CCC(C2)N4)CC3)c1F. The molecule has 2 atom stereocenters. The van der Waals surface area contributed by atoms with Gasteiger partial charge in [-0.2, -0.15) is 5.10 Å². The lowest BCUT2D eigenvalue weighted by molar-refractivity contribution is 0.349. The summed E-state index contributed by atoms with van der Waals surface area (Å²) in [6.45, 7) is 0.911. The number of halogens is 2. The van der Waals surface area contributed by atoms with Gasteiger partial charge in [-0.05, 0) is 44.2 Å². The van der Waals surface area contributed by atoms with E-state index < -0.39 is 11.6 Å². The Morgan fingerprint density at radius 1 is 1.00 bits per heavy atom. The quantitative estimate of drug-likeness (QED) is 0.695. The highest BCUT2D eigenvalue weighted by Gasteiger charge is 2.38. The summed E-state index contributed by atoms with van der Waals surface area (Å²) in [6, 6.07) is 6.69. The Balaban J connectivity index is 1.31. The normalized spacial score (nSPS) is 25.0. The number of benzene rings is 1. The Morgan fingerprint density at radius 2 is 1.77 bits per heavy atom. The van der Waals surface area contributed by atoms with Crippen molar-refractivity contribution in [3.05, 3.63) is 47.8 Å². The smallest absolute Gasteiger partial charge is 0.168 e. The first kappa shape index (κ1) is 17.9. The number of hydrogen-bond donors (Lipinski definition) is 2. The number of nitrogens with zero attached hydrogens (tertiary/aromatic N) is 4. The van der Waals surface area contributed by atoms with Crippen LogP contribution in [-0.4, -0.2) is 45.1 Å². The molecule has 2 aromatic heterocycles. The van der Waals surface area contributed by atoms with E-state index in [4.69, 9.17) is 0 Å². The minimum atomic E-state index is -0.910. The van der Waals surface area contributed by atoms with Gasteiger partial charge >= 0.3 is 0 Å². The third-order valence-corrected chi connectivity index (χ3v) is 6.80. The van der Waals surface area contributed by atoms with Gasteiger partial charge in [0.25, 0.3) is 0 Å². The molecule has 0 saturated carbocycles. The van der Waals surface area contributed by atoms with Crippen molar-refractivity contribution in [2.45, 2.75) is 50.2 Å². The van der Waals surface area contributed by atoms with E-state index in [2.05, 4.69) is 30.6 Å². The van der Waals surface area contributed by atoms with Crippen LogP contribution in [0, 0.1) is 11.6 Å². The van der Waals surface area contributed by atoms with Crippen molar-refractivity contribution in [3.8, 4) is 22.4 Å². The van der Waals surface area contributed by atoms with E-state index in [1.807, 2.05) is 6.07 Å². The van der Waals surface area contributed by atoms with E-state index in [0.29, 0.717) is 29.4 Å². The van der Waals surface area contributed by atoms with Gasteiger partial charge in [-0.25, -0.2) is 8.78 Å². The van der Waals surface area contributed by atoms with Crippen LogP contribution in [0.5, 0.6) is 0 Å². The molecular weight excluding hydrogens is 386 g/mol. The molecule has 0 spiro atoms. The average molecular weight is 408 g/mol. The van der Waals surface area contributed by atoms with Crippen LogP contribution in [-0.2, 0) is 6.42 Å². The lowest BCUT2D eigenvalue weighted by Crippen LogP contribution is -2.48. The summed E-state index contributed by atoms with van der Waals surface area (Å²) in [6.07, 6.45) is 8.64. The molecule has 3 aliphatic rings. The number of rotatable bonds is 3. The Hall–Kier alpha value is -2.87. The maximum Gasteiger partial charge on any atom is 0.168 e. The molecule has 2 unspecified atom stereocenters. The molecule has 2 fully saturated rings. The lowest BCUT2D eigenvalue weighted by atomic mass is 9.98. The molecular formula is C22H22F2N6. The fourth-order valence-electron chi connectivity index (χ4n) is 5.33. The summed E-state index contributed by atoms with van der Waals surface area (Å²) < 4.78 is 29.6. The number of fused-ring (bicyclic) bond motifs is 3. The van der Waals surface area contributed by atoms with Crippen LogP contribution < -0.4 is 10.2 Å². The van der Waals surface area contributed by atoms with Gasteiger partial charge in [-0.15, -0.1) is 10.2 Å². The predicted molar refractivity (Wildman–Crippen MR) is 109 cm³/mol. The minimum absolute atomic E-state index is 0.133. The number of aromatic amines is 1. The van der Waals surface area contributed by atoms with E-state index in [0.717, 1.165) is 37.2 Å². The Kier molecular flexibility index (Phi) is 4.09. The second kappa shape index (κ2) is 6.84. The lowest BCUT2D eigenvalue weighted by Gasteiger charge is -2.36. The van der Waals surface area contributed by atoms with Gasteiger partial charge in [0.15, 0.2) is 17.5 Å². The van der Waals surface area contributed by atoms with Crippen LogP contribution in [0.1, 0.15) is 31.2 Å². The van der Waals surface area contributed by atoms with Crippen molar-refractivity contribution in [2.75, 3.05) is 11.4 Å². The van der Waals surface area contributed by atoms with Gasteiger partial charge in [0.1, 0.15) is 0 Å². The summed E-state index contributed by atoms with van der Waals surface area (Å²) in [5.41, 5.74) is 2.24. The van der Waals surface area contributed by atoms with Crippen LogP contribution in [0.4, 0.5) is 14.6 Å². The van der Waals surface area contributed by atoms with E-state index >= 15 is 0 Å². The van der Waals surface area contributed by atoms with Crippen molar-refractivity contribution < 1.29 is 8.78 Å². The number of aromatic nitrogens is 4. The maximum absolute atomic E-state index is 14.9. The van der Waals surface area contributed by atoms with Crippen LogP contribution in [0.25, 0.3) is 22.4 Å². The molecule has 2 N–H and O–H groups in total. The fraction of sp³-hybridized carbons (Fsp3) is 0.409. The van der Waals surface area contributed by atoms with Gasteiger partial charge in [0.2, 0.25) is 0 Å². The zero-order chi connectivity index (χ0) is 20.2. The molecule has 3 aliphatic heterocycles. The van der Waals surface area contributed by atoms with Crippen molar-refractivity contribution in [1.82, 2.24) is 25.7 Å². The molecule has 5 heterocycles. The molecule has 1 aromatic carbocycles. The molecule has 0 amide bonds. The van der Waals surface area contributed by atoms with Crippen LogP contribution >= 0.6 is 0 Å². The Morgan fingerprint density at radius 3 is 2.53 bits per heavy atom. The van der Waals surface area contributed by atoms with Gasteiger partial charge in [0.05, 0.1) is 11.9 Å². The topological polar surface area (TPSA) is 69.7 Å². The van der Waals surface area contributed by atoms with Gasteiger partial charge in [0, 0.05) is 53.1 Å². The number of piperidine rings is 1. The minimum Gasteiger partial charge on any atom is -0.351 e. The highest BCUT2D eigenvalue weighted by molar-refractivity contribution is 5.70. The first-order chi connectivity index (χ1) is 14.7. The molecule has 0 aliphatic carbocycles. The van der Waals surface area contributed by atoms with E-state index in [9.17, 15) is 8.78 Å². The summed E-state index contributed by atoms with van der Waals surface area (Å²) in [5, 5.41) is 18.8. The van der Waals surface area contributed by atoms with Gasteiger partial charge in [-0.3, -0.25) is 5.10 Å². The third kappa shape index (κ3) is 2.81. The highest BCUT2D eigenvalue weighted by atomic mass is 19.2. The van der Waals surface area contributed by atoms with Crippen LogP contribution in [0.2, 0.25) is 0 Å². The molecule has 6 rings (SSSR count). The predicted octanol–water partition coefficient (Wildman–Crippen LogP) is 3.46. The zero-order valence-corrected chi connectivity index (χ0v) is 16.4. The van der Waals surface area contributed by atoms with Crippen LogP contribution in [0.15, 0.2) is 30.6 Å². The van der Waals surface area contributed by atoms with E-state index in [-0.39, 0.29) is 11.1 Å². The molecule has 154 valence electrons. The number of H-pyrrole nitrogens is 1. The molecule has 6 nitrogen and oxygen atoms in total. The first-order valence-corrected chi connectivity index (χ1v) is 10.5. The van der Waals surface area contributed by atoms with Gasteiger partial charge < -0.3 is 10.2 Å². The summed E-state index contributed by atoms with van der Waals surface area (Å²) in [5.74, 6) is -0.906.